The zero-order valence-corrected chi connectivity index (χ0v) is 17.6. The SMILES string of the molecule is Cc1ccc(C(=O)O[C@H]2C[N+]3=C(N)N[C@@H](COC(N)=O)[C@@H]4[NH+]=C(N)N[C@@]43C2(O)O)cc1C. The van der Waals surface area contributed by atoms with Gasteiger partial charge in [0.25, 0.3) is 5.79 Å². The van der Waals surface area contributed by atoms with Gasteiger partial charge in [0.05, 0.1) is 5.56 Å². The highest BCUT2D eigenvalue weighted by atomic mass is 16.6. The molecule has 3 heterocycles. The van der Waals surface area contributed by atoms with Crippen molar-refractivity contribution in [3.8, 4) is 0 Å². The number of amides is 1. The Morgan fingerprint density at radius 2 is 2.00 bits per heavy atom. The van der Waals surface area contributed by atoms with Crippen molar-refractivity contribution in [2.45, 2.75) is 43.5 Å². The largest absolute Gasteiger partial charge is 0.449 e. The van der Waals surface area contributed by atoms with Crippen molar-refractivity contribution in [1.82, 2.24) is 10.6 Å². The smallest absolute Gasteiger partial charge is 0.404 e. The van der Waals surface area contributed by atoms with Gasteiger partial charge >= 0.3 is 29.6 Å². The lowest BCUT2D eigenvalue weighted by molar-refractivity contribution is -0.674. The van der Waals surface area contributed by atoms with Crippen LogP contribution >= 0.6 is 0 Å². The zero-order chi connectivity index (χ0) is 23.4. The van der Waals surface area contributed by atoms with E-state index in [1.54, 1.807) is 18.2 Å². The summed E-state index contributed by atoms with van der Waals surface area (Å²) >= 11 is 0. The minimum Gasteiger partial charge on any atom is -0.449 e. The van der Waals surface area contributed by atoms with Crippen molar-refractivity contribution in [3.63, 3.8) is 0 Å². The van der Waals surface area contributed by atoms with Gasteiger partial charge in [0.15, 0.2) is 12.1 Å². The predicted molar refractivity (Wildman–Crippen MR) is 109 cm³/mol. The number of ether oxygens (including phenoxy) is 2. The molecule has 13 heteroatoms. The molecule has 11 N–H and O–H groups in total. The highest BCUT2D eigenvalue weighted by Crippen LogP contribution is 2.39. The van der Waals surface area contributed by atoms with Crippen LogP contribution in [0.3, 0.4) is 0 Å². The van der Waals surface area contributed by atoms with Gasteiger partial charge in [-0.15, -0.1) is 0 Å². The van der Waals surface area contributed by atoms with E-state index in [-0.39, 0.29) is 30.6 Å². The fourth-order valence-corrected chi connectivity index (χ4v) is 4.55. The van der Waals surface area contributed by atoms with Crippen LogP contribution in [-0.2, 0) is 9.47 Å². The lowest BCUT2D eigenvalue weighted by atomic mass is 9.86. The number of primary amides is 1. The molecule has 172 valence electrons. The molecule has 4 rings (SSSR count). The lowest BCUT2D eigenvalue weighted by Crippen LogP contribution is -2.91. The topological polar surface area (TPSA) is 212 Å². The summed E-state index contributed by atoms with van der Waals surface area (Å²) < 4.78 is 11.8. The number of rotatable bonds is 4. The molecule has 0 bridgehead atoms. The fraction of sp³-hybridized carbons (Fsp3) is 0.474. The molecule has 13 nitrogen and oxygen atoms in total. The van der Waals surface area contributed by atoms with Crippen LogP contribution < -0.4 is 32.8 Å². The van der Waals surface area contributed by atoms with Crippen molar-refractivity contribution < 1.29 is 38.8 Å². The average Bonchev–Trinajstić information content (AvgIpc) is 3.17. The van der Waals surface area contributed by atoms with Gasteiger partial charge in [0.2, 0.25) is 0 Å². The first-order valence-corrected chi connectivity index (χ1v) is 9.96. The normalized spacial score (nSPS) is 29.9. The van der Waals surface area contributed by atoms with Crippen LogP contribution in [0.5, 0.6) is 0 Å². The van der Waals surface area contributed by atoms with Crippen LogP contribution in [0.25, 0.3) is 0 Å². The quantitative estimate of drug-likeness (QED) is 0.124. The van der Waals surface area contributed by atoms with E-state index in [1.165, 1.54) is 4.58 Å². The predicted octanol–water partition coefficient (Wildman–Crippen LogP) is -5.02. The summed E-state index contributed by atoms with van der Waals surface area (Å²) in [5.74, 6) is -3.28. The average molecular weight is 449 g/mol. The third-order valence-corrected chi connectivity index (χ3v) is 6.29. The van der Waals surface area contributed by atoms with E-state index < -0.39 is 41.7 Å². The van der Waals surface area contributed by atoms with Crippen molar-refractivity contribution in [1.29, 1.82) is 0 Å². The number of hydrogen-bond acceptors (Lipinski definition) is 10. The second-order valence-corrected chi connectivity index (χ2v) is 8.22. The van der Waals surface area contributed by atoms with E-state index in [2.05, 4.69) is 15.6 Å². The molecule has 1 amide bonds. The Morgan fingerprint density at radius 1 is 1.28 bits per heavy atom. The number of guanidine groups is 2. The maximum atomic E-state index is 12.8. The van der Waals surface area contributed by atoms with Crippen molar-refractivity contribution in [3.05, 3.63) is 34.9 Å². The first-order chi connectivity index (χ1) is 15.0. The molecule has 1 aromatic rings. The molecular formula is C19H27N7O6+2. The second kappa shape index (κ2) is 7.24. The molecule has 0 saturated carbocycles. The highest BCUT2D eigenvalue weighted by Gasteiger charge is 2.79. The first kappa shape index (κ1) is 21.6. The summed E-state index contributed by atoms with van der Waals surface area (Å²) in [4.78, 5) is 26.8. The van der Waals surface area contributed by atoms with Gasteiger partial charge in [-0.3, -0.25) is 21.8 Å². The molecule has 32 heavy (non-hydrogen) atoms. The number of esters is 1. The Labute approximate surface area is 182 Å². The second-order valence-electron chi connectivity index (χ2n) is 8.22. The van der Waals surface area contributed by atoms with E-state index in [0.29, 0.717) is 0 Å². The van der Waals surface area contributed by atoms with Gasteiger partial charge in [0, 0.05) is 0 Å². The summed E-state index contributed by atoms with van der Waals surface area (Å²) in [6.45, 7) is 3.39. The number of benzene rings is 1. The Kier molecular flexibility index (Phi) is 4.90. The molecule has 1 aromatic carbocycles. The summed E-state index contributed by atoms with van der Waals surface area (Å²) in [7, 11) is 0. The molecule has 3 aliphatic heterocycles. The lowest BCUT2D eigenvalue weighted by Gasteiger charge is -2.40. The molecular weight excluding hydrogens is 422 g/mol. The molecule has 1 saturated heterocycles. The van der Waals surface area contributed by atoms with E-state index in [1.807, 2.05) is 13.8 Å². The number of hydrogen-bond donors (Lipinski definition) is 8. The minimum absolute atomic E-state index is 0.0363. The van der Waals surface area contributed by atoms with Gasteiger partial charge in [-0.2, -0.15) is 0 Å². The number of aryl methyl sites for hydroxylation is 2. The summed E-state index contributed by atoms with van der Waals surface area (Å²) in [5.41, 5.74) is 17.6. The molecule has 0 aliphatic carbocycles. The van der Waals surface area contributed by atoms with Gasteiger partial charge in [-0.25, -0.2) is 19.5 Å². The summed E-state index contributed by atoms with van der Waals surface area (Å²) in [6, 6.07) is 3.46. The van der Waals surface area contributed by atoms with Gasteiger partial charge in [0.1, 0.15) is 19.2 Å². The summed E-state index contributed by atoms with van der Waals surface area (Å²) in [5, 5.41) is 28.3. The molecule has 1 fully saturated rings. The summed E-state index contributed by atoms with van der Waals surface area (Å²) in [6.07, 6.45) is -2.40. The van der Waals surface area contributed by atoms with Crippen LogP contribution in [0.1, 0.15) is 21.5 Å². The van der Waals surface area contributed by atoms with Crippen molar-refractivity contribution >= 4 is 24.0 Å². The molecule has 0 radical (unpaired) electrons. The molecule has 4 atom stereocenters. The van der Waals surface area contributed by atoms with E-state index >= 15 is 0 Å². The van der Waals surface area contributed by atoms with E-state index in [4.69, 9.17) is 26.7 Å². The Morgan fingerprint density at radius 3 is 2.66 bits per heavy atom. The number of carbonyl (C=O) groups excluding carboxylic acids is 2. The van der Waals surface area contributed by atoms with Gasteiger partial charge in [-0.1, -0.05) is 6.07 Å². The third-order valence-electron chi connectivity index (χ3n) is 6.29. The monoisotopic (exact) mass is 449 g/mol. The van der Waals surface area contributed by atoms with Gasteiger partial charge in [-0.05, 0) is 37.1 Å². The van der Waals surface area contributed by atoms with Crippen LogP contribution in [0, 0.1) is 13.8 Å². The standard InChI is InChI=1S/C19H25N7O6/c1-8-3-4-10(5-9(8)2)14(27)32-12-6-26-16(21)23-11(7-31-17(22)28)13-18(26,19(12,29)30)25-15(20)24-13/h3-5,11-13,29-30H,6-7H2,1-2H3,(H7,20,21,22,23,24,25,28)/p+2/t11-,12-,13-,18-/m0/s1. The number of nitrogens with two attached hydrogens (primary N) is 3. The minimum atomic E-state index is -2.64. The van der Waals surface area contributed by atoms with Crippen LogP contribution in [0.15, 0.2) is 18.2 Å². The Hall–Kier alpha value is -3.58. The highest BCUT2D eigenvalue weighted by molar-refractivity contribution is 5.90. The third kappa shape index (κ3) is 3.08. The number of nitrogens with one attached hydrogen (secondary N) is 3. The van der Waals surface area contributed by atoms with Crippen LogP contribution in [-0.4, -0.2) is 81.6 Å². The van der Waals surface area contributed by atoms with Crippen molar-refractivity contribution in [2.75, 3.05) is 13.2 Å². The van der Waals surface area contributed by atoms with Gasteiger partial charge < -0.3 is 25.4 Å². The zero-order valence-electron chi connectivity index (χ0n) is 17.6. The number of carbonyl (C=O) groups is 2. The number of aliphatic hydroxyl groups is 2. The van der Waals surface area contributed by atoms with Crippen LogP contribution in [0.4, 0.5) is 4.79 Å². The Balaban J connectivity index is 1.67. The van der Waals surface area contributed by atoms with E-state index in [0.717, 1.165) is 11.1 Å². The number of nitrogens with zero attached hydrogens (tertiary/aromatic N) is 1. The van der Waals surface area contributed by atoms with Crippen LogP contribution in [0.2, 0.25) is 0 Å². The first-order valence-electron chi connectivity index (χ1n) is 9.96. The maximum absolute atomic E-state index is 12.8. The molecule has 0 unspecified atom stereocenters. The molecule has 0 aromatic heterocycles. The van der Waals surface area contributed by atoms with Crippen molar-refractivity contribution in [2.24, 2.45) is 17.2 Å². The molecule has 1 spiro atoms. The Bertz CT molecular complexity index is 1050. The van der Waals surface area contributed by atoms with E-state index in [9.17, 15) is 19.8 Å². The maximum Gasteiger partial charge on any atom is 0.404 e. The molecule has 3 aliphatic rings. The fourth-order valence-electron chi connectivity index (χ4n) is 4.55.